The second-order valence-corrected chi connectivity index (χ2v) is 6.68. The van der Waals surface area contributed by atoms with Gasteiger partial charge in [-0.2, -0.15) is 0 Å². The van der Waals surface area contributed by atoms with Gasteiger partial charge in [-0.25, -0.2) is 0 Å². The van der Waals surface area contributed by atoms with Gasteiger partial charge >= 0.3 is 0 Å². The van der Waals surface area contributed by atoms with Gasteiger partial charge in [0, 0.05) is 20.5 Å². The molecule has 0 saturated heterocycles. The molecule has 0 radical (unpaired) electrons. The van der Waals surface area contributed by atoms with Crippen molar-refractivity contribution in [3.05, 3.63) is 35.9 Å². The number of benzene rings is 1. The van der Waals surface area contributed by atoms with Gasteiger partial charge in [-0.05, 0) is 18.4 Å². The zero-order chi connectivity index (χ0) is 15.6. The molecular formula is C18H25N3O. The summed E-state index contributed by atoms with van der Waals surface area (Å²) in [7, 11) is 4.07. The smallest absolute Gasteiger partial charge is 0.246 e. The maximum Gasteiger partial charge on any atom is 0.246 e. The molecule has 1 fully saturated rings. The zero-order valence-electron chi connectivity index (χ0n) is 13.5. The first-order valence-corrected chi connectivity index (χ1v) is 8.22. The van der Waals surface area contributed by atoms with Crippen molar-refractivity contribution in [3.8, 4) is 0 Å². The topological polar surface area (TPSA) is 44.7 Å². The van der Waals surface area contributed by atoms with E-state index in [-0.39, 0.29) is 17.5 Å². The highest BCUT2D eigenvalue weighted by atomic mass is 16.2. The van der Waals surface area contributed by atoms with E-state index in [0.29, 0.717) is 6.42 Å². The molecule has 118 valence electrons. The molecule has 1 heterocycles. The number of carbonyl (C=O) groups is 1. The normalized spacial score (nSPS) is 23.8. The Morgan fingerprint density at radius 2 is 1.86 bits per heavy atom. The van der Waals surface area contributed by atoms with Crippen molar-refractivity contribution in [1.82, 2.24) is 10.2 Å². The fourth-order valence-corrected chi connectivity index (χ4v) is 3.73. The minimum absolute atomic E-state index is 0.0800. The SMILES string of the molecule is CN(C)C1=N[C@@H](Cc2ccccc2)C(=O)NC12CCCCC2. The third-order valence-electron chi connectivity index (χ3n) is 4.77. The highest BCUT2D eigenvalue weighted by molar-refractivity contribution is 6.01. The number of amides is 1. The van der Waals surface area contributed by atoms with Crippen LogP contribution in [0.4, 0.5) is 0 Å². The summed E-state index contributed by atoms with van der Waals surface area (Å²) in [5.74, 6) is 1.13. The summed E-state index contributed by atoms with van der Waals surface area (Å²) in [6.07, 6.45) is 6.26. The summed E-state index contributed by atoms with van der Waals surface area (Å²) >= 11 is 0. The number of carbonyl (C=O) groups excluding carboxylic acids is 1. The standard InChI is InChI=1S/C18H25N3O/c1-21(2)17-18(11-7-4-8-12-18)20-16(22)15(19-17)13-14-9-5-3-6-10-14/h3,5-6,9-10,15H,4,7-8,11-13H2,1-2H3,(H,20,22)/t15-/m0/s1. The number of hydrogen-bond acceptors (Lipinski definition) is 3. The first-order valence-electron chi connectivity index (χ1n) is 8.22. The molecule has 3 rings (SSSR count). The summed E-state index contributed by atoms with van der Waals surface area (Å²) in [6.45, 7) is 0. The predicted molar refractivity (Wildman–Crippen MR) is 89.0 cm³/mol. The molecule has 0 aromatic heterocycles. The maximum atomic E-state index is 12.6. The predicted octanol–water partition coefficient (Wildman–Crippen LogP) is 2.39. The number of nitrogens with one attached hydrogen (secondary N) is 1. The van der Waals surface area contributed by atoms with Gasteiger partial charge in [-0.3, -0.25) is 9.79 Å². The van der Waals surface area contributed by atoms with Gasteiger partial charge in [-0.1, -0.05) is 49.6 Å². The van der Waals surface area contributed by atoms with E-state index in [2.05, 4.69) is 22.3 Å². The number of rotatable bonds is 2. The Labute approximate surface area is 132 Å². The van der Waals surface area contributed by atoms with Crippen molar-refractivity contribution < 1.29 is 4.79 Å². The molecule has 1 amide bonds. The van der Waals surface area contributed by atoms with Crippen LogP contribution in [0.1, 0.15) is 37.7 Å². The van der Waals surface area contributed by atoms with Crippen LogP contribution in [0.3, 0.4) is 0 Å². The molecular weight excluding hydrogens is 274 g/mol. The highest BCUT2D eigenvalue weighted by Crippen LogP contribution is 2.33. The Bertz CT molecular complexity index is 559. The Morgan fingerprint density at radius 1 is 1.18 bits per heavy atom. The zero-order valence-corrected chi connectivity index (χ0v) is 13.5. The van der Waals surface area contributed by atoms with E-state index in [0.717, 1.165) is 37.1 Å². The molecule has 1 saturated carbocycles. The number of amidine groups is 1. The summed E-state index contributed by atoms with van der Waals surface area (Å²) in [4.78, 5) is 19.6. The van der Waals surface area contributed by atoms with Crippen LogP contribution in [0.25, 0.3) is 0 Å². The second-order valence-electron chi connectivity index (χ2n) is 6.68. The van der Waals surface area contributed by atoms with Crippen LogP contribution in [0, 0.1) is 0 Å². The van der Waals surface area contributed by atoms with Crippen LogP contribution < -0.4 is 5.32 Å². The van der Waals surface area contributed by atoms with Crippen molar-refractivity contribution in [1.29, 1.82) is 0 Å². The number of likely N-dealkylation sites (N-methyl/N-ethyl adjacent to an activating group) is 1. The van der Waals surface area contributed by atoms with Gasteiger partial charge in [0.05, 0.1) is 5.54 Å². The van der Waals surface area contributed by atoms with Crippen molar-refractivity contribution in [3.63, 3.8) is 0 Å². The average Bonchev–Trinajstić information content (AvgIpc) is 2.51. The van der Waals surface area contributed by atoms with E-state index < -0.39 is 0 Å². The molecule has 0 bridgehead atoms. The van der Waals surface area contributed by atoms with E-state index in [1.54, 1.807) is 0 Å². The lowest BCUT2D eigenvalue weighted by Gasteiger charge is -2.45. The van der Waals surface area contributed by atoms with Crippen LogP contribution in [0.15, 0.2) is 35.3 Å². The summed E-state index contributed by atoms with van der Waals surface area (Å²) in [5.41, 5.74) is 0.926. The van der Waals surface area contributed by atoms with E-state index in [4.69, 9.17) is 4.99 Å². The van der Waals surface area contributed by atoms with E-state index in [1.807, 2.05) is 32.3 Å². The minimum Gasteiger partial charge on any atom is -0.364 e. The van der Waals surface area contributed by atoms with Crippen LogP contribution in [0.5, 0.6) is 0 Å². The fraction of sp³-hybridized carbons (Fsp3) is 0.556. The highest BCUT2D eigenvalue weighted by Gasteiger charge is 2.44. The quantitative estimate of drug-likeness (QED) is 0.911. The molecule has 22 heavy (non-hydrogen) atoms. The first-order chi connectivity index (χ1) is 10.6. The lowest BCUT2D eigenvalue weighted by molar-refractivity contribution is -0.124. The van der Waals surface area contributed by atoms with Gasteiger partial charge in [0.1, 0.15) is 11.9 Å². The molecule has 1 aliphatic carbocycles. The Balaban J connectivity index is 1.88. The molecule has 1 atom stereocenters. The molecule has 1 aliphatic heterocycles. The Hall–Kier alpha value is -1.84. The van der Waals surface area contributed by atoms with Gasteiger partial charge in [-0.15, -0.1) is 0 Å². The molecule has 4 heteroatoms. The van der Waals surface area contributed by atoms with E-state index in [1.165, 1.54) is 6.42 Å². The lowest BCUT2D eigenvalue weighted by atomic mass is 9.78. The molecule has 1 aromatic carbocycles. The van der Waals surface area contributed by atoms with Crippen molar-refractivity contribution in [2.75, 3.05) is 14.1 Å². The number of nitrogens with zero attached hydrogens (tertiary/aromatic N) is 2. The Morgan fingerprint density at radius 3 is 2.50 bits per heavy atom. The van der Waals surface area contributed by atoms with Crippen molar-refractivity contribution >= 4 is 11.7 Å². The van der Waals surface area contributed by atoms with Crippen LogP contribution in [0.2, 0.25) is 0 Å². The third-order valence-corrected chi connectivity index (χ3v) is 4.77. The average molecular weight is 299 g/mol. The molecule has 4 nitrogen and oxygen atoms in total. The summed E-state index contributed by atoms with van der Waals surface area (Å²) < 4.78 is 0. The minimum atomic E-state index is -0.313. The second kappa shape index (κ2) is 6.11. The number of hydrogen-bond donors (Lipinski definition) is 1. The van der Waals surface area contributed by atoms with Gasteiger partial charge in [0.15, 0.2) is 0 Å². The van der Waals surface area contributed by atoms with Gasteiger partial charge in [0.2, 0.25) is 5.91 Å². The lowest BCUT2D eigenvalue weighted by Crippen LogP contribution is -2.64. The van der Waals surface area contributed by atoms with Crippen molar-refractivity contribution in [2.45, 2.75) is 50.1 Å². The summed E-state index contributed by atoms with van der Waals surface area (Å²) in [6, 6.07) is 9.82. The monoisotopic (exact) mass is 299 g/mol. The Kier molecular flexibility index (Phi) is 4.19. The molecule has 1 aromatic rings. The van der Waals surface area contributed by atoms with Crippen LogP contribution in [-0.2, 0) is 11.2 Å². The van der Waals surface area contributed by atoms with Crippen LogP contribution >= 0.6 is 0 Å². The molecule has 0 unspecified atom stereocenters. The van der Waals surface area contributed by atoms with E-state index in [9.17, 15) is 4.79 Å². The molecule has 2 aliphatic rings. The number of aliphatic imine (C=N–C) groups is 1. The van der Waals surface area contributed by atoms with Gasteiger partial charge in [0.25, 0.3) is 0 Å². The maximum absolute atomic E-state index is 12.6. The van der Waals surface area contributed by atoms with Gasteiger partial charge < -0.3 is 10.2 Å². The molecule has 1 N–H and O–H groups in total. The van der Waals surface area contributed by atoms with E-state index >= 15 is 0 Å². The third kappa shape index (κ3) is 2.87. The van der Waals surface area contributed by atoms with Crippen LogP contribution in [-0.4, -0.2) is 42.3 Å². The first kappa shape index (κ1) is 15.1. The fourth-order valence-electron chi connectivity index (χ4n) is 3.73. The summed E-state index contributed by atoms with van der Waals surface area (Å²) in [5, 5.41) is 3.32. The largest absolute Gasteiger partial charge is 0.364 e. The van der Waals surface area contributed by atoms with Crippen molar-refractivity contribution in [2.24, 2.45) is 4.99 Å². The molecule has 1 spiro atoms.